The molecule has 0 bridgehead atoms. The van der Waals surface area contributed by atoms with E-state index in [1.807, 2.05) is 0 Å². The van der Waals surface area contributed by atoms with Crippen LogP contribution in [-0.2, 0) is 12.8 Å². The maximum atomic E-state index is 5.84. The van der Waals surface area contributed by atoms with Crippen LogP contribution in [0.4, 0.5) is 0 Å². The molecule has 0 saturated carbocycles. The summed E-state index contributed by atoms with van der Waals surface area (Å²) in [6, 6.07) is 4.62. The highest BCUT2D eigenvalue weighted by molar-refractivity contribution is 5.44. The second kappa shape index (κ2) is 6.06. The van der Waals surface area contributed by atoms with Gasteiger partial charge in [0.1, 0.15) is 5.75 Å². The van der Waals surface area contributed by atoms with Gasteiger partial charge in [0.05, 0.1) is 6.61 Å². The highest BCUT2D eigenvalue weighted by Gasteiger charge is 2.12. The second-order valence-electron chi connectivity index (χ2n) is 4.95. The summed E-state index contributed by atoms with van der Waals surface area (Å²) in [5, 5.41) is 0. The second-order valence-corrected chi connectivity index (χ2v) is 4.95. The SMILES string of the molecule is Cc1cc(CCCCN)cc2c1OCCCC2. The Kier molecular flexibility index (Phi) is 4.43. The van der Waals surface area contributed by atoms with E-state index in [0.717, 1.165) is 31.7 Å². The first-order valence-electron chi connectivity index (χ1n) is 6.76. The quantitative estimate of drug-likeness (QED) is 0.811. The van der Waals surface area contributed by atoms with Gasteiger partial charge >= 0.3 is 0 Å². The number of rotatable bonds is 4. The summed E-state index contributed by atoms with van der Waals surface area (Å²) < 4.78 is 5.84. The van der Waals surface area contributed by atoms with E-state index in [9.17, 15) is 0 Å². The van der Waals surface area contributed by atoms with Gasteiger partial charge in [-0.25, -0.2) is 0 Å². The smallest absolute Gasteiger partial charge is 0.125 e. The molecule has 0 radical (unpaired) electrons. The van der Waals surface area contributed by atoms with Crippen LogP contribution in [0, 0.1) is 6.92 Å². The Balaban J connectivity index is 2.14. The van der Waals surface area contributed by atoms with Crippen LogP contribution in [0.3, 0.4) is 0 Å². The van der Waals surface area contributed by atoms with Gasteiger partial charge in [0.25, 0.3) is 0 Å². The number of benzene rings is 1. The van der Waals surface area contributed by atoms with Crippen molar-refractivity contribution in [3.63, 3.8) is 0 Å². The van der Waals surface area contributed by atoms with Gasteiger partial charge in [-0.2, -0.15) is 0 Å². The molecule has 1 heterocycles. The highest BCUT2D eigenvalue weighted by atomic mass is 16.5. The zero-order valence-electron chi connectivity index (χ0n) is 10.8. The molecule has 94 valence electrons. The Labute approximate surface area is 104 Å². The van der Waals surface area contributed by atoms with Crippen molar-refractivity contribution in [1.29, 1.82) is 0 Å². The first-order valence-corrected chi connectivity index (χ1v) is 6.76. The average molecular weight is 233 g/mol. The minimum Gasteiger partial charge on any atom is -0.493 e. The van der Waals surface area contributed by atoms with Crippen LogP contribution < -0.4 is 10.5 Å². The van der Waals surface area contributed by atoms with Gasteiger partial charge in [-0.05, 0) is 68.7 Å². The van der Waals surface area contributed by atoms with Crippen molar-refractivity contribution in [2.75, 3.05) is 13.2 Å². The number of hydrogen-bond donors (Lipinski definition) is 1. The lowest BCUT2D eigenvalue weighted by molar-refractivity contribution is 0.315. The molecule has 0 fully saturated rings. The Morgan fingerprint density at radius 3 is 2.94 bits per heavy atom. The third-order valence-electron chi connectivity index (χ3n) is 3.42. The monoisotopic (exact) mass is 233 g/mol. The van der Waals surface area contributed by atoms with Crippen molar-refractivity contribution < 1.29 is 4.74 Å². The molecule has 1 aromatic rings. The van der Waals surface area contributed by atoms with Gasteiger partial charge in [0.15, 0.2) is 0 Å². The van der Waals surface area contributed by atoms with Crippen molar-refractivity contribution in [3.8, 4) is 5.75 Å². The standard InChI is InChI=1S/C15H23NO/c1-12-10-13(6-2-4-8-16)11-14-7-3-5-9-17-15(12)14/h10-11H,2-9,16H2,1H3. The summed E-state index contributed by atoms with van der Waals surface area (Å²) in [6.07, 6.45) is 7.05. The molecule has 0 saturated heterocycles. The largest absolute Gasteiger partial charge is 0.493 e. The lowest BCUT2D eigenvalue weighted by atomic mass is 9.98. The minimum atomic E-state index is 0.799. The van der Waals surface area contributed by atoms with E-state index in [1.54, 1.807) is 0 Å². The summed E-state index contributed by atoms with van der Waals surface area (Å²) >= 11 is 0. The number of aryl methyl sites for hydroxylation is 3. The van der Waals surface area contributed by atoms with E-state index in [1.165, 1.54) is 42.4 Å². The average Bonchev–Trinajstić information content (AvgIpc) is 2.55. The van der Waals surface area contributed by atoms with E-state index in [0.29, 0.717) is 0 Å². The fourth-order valence-corrected chi connectivity index (χ4v) is 2.53. The predicted octanol–water partition coefficient (Wildman–Crippen LogP) is 2.99. The summed E-state index contributed by atoms with van der Waals surface area (Å²) in [7, 11) is 0. The van der Waals surface area contributed by atoms with Gasteiger partial charge in [-0.1, -0.05) is 12.1 Å². The molecule has 2 rings (SSSR count). The molecule has 0 unspecified atom stereocenters. The first-order chi connectivity index (χ1) is 8.31. The van der Waals surface area contributed by atoms with Crippen molar-refractivity contribution in [2.45, 2.75) is 45.4 Å². The maximum Gasteiger partial charge on any atom is 0.125 e. The van der Waals surface area contributed by atoms with Crippen molar-refractivity contribution in [2.24, 2.45) is 5.73 Å². The van der Waals surface area contributed by atoms with Crippen LogP contribution in [-0.4, -0.2) is 13.2 Å². The van der Waals surface area contributed by atoms with Gasteiger partial charge < -0.3 is 10.5 Å². The maximum absolute atomic E-state index is 5.84. The summed E-state index contributed by atoms with van der Waals surface area (Å²) in [5.41, 5.74) is 9.68. The lowest BCUT2D eigenvalue weighted by Gasteiger charge is -2.13. The lowest BCUT2D eigenvalue weighted by Crippen LogP contribution is -2.01. The van der Waals surface area contributed by atoms with Crippen LogP contribution >= 0.6 is 0 Å². The molecule has 0 atom stereocenters. The van der Waals surface area contributed by atoms with Crippen LogP contribution in [0.15, 0.2) is 12.1 Å². The Morgan fingerprint density at radius 2 is 2.12 bits per heavy atom. The van der Waals surface area contributed by atoms with Crippen LogP contribution in [0.2, 0.25) is 0 Å². The molecule has 1 aliphatic rings. The zero-order valence-corrected chi connectivity index (χ0v) is 10.8. The highest BCUT2D eigenvalue weighted by Crippen LogP contribution is 2.29. The summed E-state index contributed by atoms with van der Waals surface area (Å²) in [6.45, 7) is 3.84. The number of ether oxygens (including phenoxy) is 1. The Morgan fingerprint density at radius 1 is 1.24 bits per heavy atom. The van der Waals surface area contributed by atoms with Gasteiger partial charge in [0.2, 0.25) is 0 Å². The normalized spacial score (nSPS) is 14.9. The van der Waals surface area contributed by atoms with Gasteiger partial charge in [0, 0.05) is 0 Å². The molecule has 17 heavy (non-hydrogen) atoms. The molecule has 0 aromatic heterocycles. The predicted molar refractivity (Wildman–Crippen MR) is 71.6 cm³/mol. The summed E-state index contributed by atoms with van der Waals surface area (Å²) in [4.78, 5) is 0. The van der Waals surface area contributed by atoms with E-state index < -0.39 is 0 Å². The number of fused-ring (bicyclic) bond motifs is 1. The van der Waals surface area contributed by atoms with Crippen molar-refractivity contribution in [3.05, 3.63) is 28.8 Å². The number of unbranched alkanes of at least 4 members (excludes halogenated alkanes) is 1. The molecule has 2 heteroatoms. The Hall–Kier alpha value is -1.02. The van der Waals surface area contributed by atoms with Crippen molar-refractivity contribution in [1.82, 2.24) is 0 Å². The van der Waals surface area contributed by atoms with Crippen LogP contribution in [0.1, 0.15) is 42.4 Å². The fourth-order valence-electron chi connectivity index (χ4n) is 2.53. The zero-order chi connectivity index (χ0) is 12.1. The van der Waals surface area contributed by atoms with Gasteiger partial charge in [-0.3, -0.25) is 0 Å². The Bertz CT molecular complexity index is 373. The van der Waals surface area contributed by atoms with Crippen LogP contribution in [0.5, 0.6) is 5.75 Å². The molecule has 0 aliphatic carbocycles. The molecule has 1 aromatic carbocycles. The molecule has 0 spiro atoms. The molecule has 1 aliphatic heterocycles. The first kappa shape index (κ1) is 12.4. The summed E-state index contributed by atoms with van der Waals surface area (Å²) in [5.74, 6) is 1.14. The molecular formula is C15H23NO. The number of hydrogen-bond acceptors (Lipinski definition) is 2. The third-order valence-corrected chi connectivity index (χ3v) is 3.42. The fraction of sp³-hybridized carbons (Fsp3) is 0.600. The van der Waals surface area contributed by atoms with E-state index >= 15 is 0 Å². The molecule has 0 amide bonds. The third kappa shape index (κ3) is 3.22. The van der Waals surface area contributed by atoms with E-state index in [4.69, 9.17) is 10.5 Å². The van der Waals surface area contributed by atoms with E-state index in [-0.39, 0.29) is 0 Å². The number of nitrogens with two attached hydrogens (primary N) is 1. The topological polar surface area (TPSA) is 35.2 Å². The van der Waals surface area contributed by atoms with E-state index in [2.05, 4.69) is 19.1 Å². The molecule has 2 N–H and O–H groups in total. The van der Waals surface area contributed by atoms with Crippen molar-refractivity contribution >= 4 is 0 Å². The minimum absolute atomic E-state index is 0.799. The van der Waals surface area contributed by atoms with Gasteiger partial charge in [-0.15, -0.1) is 0 Å². The molecule has 2 nitrogen and oxygen atoms in total. The molecular weight excluding hydrogens is 210 g/mol. The van der Waals surface area contributed by atoms with Crippen LogP contribution in [0.25, 0.3) is 0 Å².